The molecule has 162 valence electrons. The fourth-order valence-electron chi connectivity index (χ4n) is 4.72. The molecule has 1 amide bonds. The minimum absolute atomic E-state index is 0.148. The number of carbonyl (C=O) groups excluding carboxylic acids is 2. The number of rotatable bonds is 6. The molecule has 1 aliphatic heterocycles. The largest absolute Gasteiger partial charge is 0.554 e. The average molecular weight is 411 g/mol. The van der Waals surface area contributed by atoms with E-state index in [0.717, 1.165) is 47.4 Å². The van der Waals surface area contributed by atoms with E-state index in [1.807, 2.05) is 6.07 Å². The molecule has 2 atom stereocenters. The SMILES string of the molecule is CCC[N+]1(CC(=O)Nc2c(C)cccc2C)CCCC(c2ccccc2)C1.O=C[O-]. The van der Waals surface area contributed by atoms with Crippen molar-refractivity contribution in [2.75, 3.05) is 31.5 Å². The number of hydrogen-bond donors (Lipinski definition) is 1. The highest BCUT2D eigenvalue weighted by Gasteiger charge is 2.37. The van der Waals surface area contributed by atoms with Gasteiger partial charge in [-0.25, -0.2) is 0 Å². The number of aryl methyl sites for hydroxylation is 2. The van der Waals surface area contributed by atoms with Crippen molar-refractivity contribution in [2.45, 2.75) is 46.0 Å². The van der Waals surface area contributed by atoms with Crippen LogP contribution in [0.15, 0.2) is 48.5 Å². The van der Waals surface area contributed by atoms with Gasteiger partial charge in [0.1, 0.15) is 0 Å². The molecule has 0 radical (unpaired) electrons. The Morgan fingerprint density at radius 3 is 2.37 bits per heavy atom. The molecule has 1 saturated heterocycles. The lowest BCUT2D eigenvalue weighted by Crippen LogP contribution is -2.57. The first-order valence-electron chi connectivity index (χ1n) is 10.8. The molecule has 0 saturated carbocycles. The summed E-state index contributed by atoms with van der Waals surface area (Å²) < 4.78 is 0.910. The number of likely N-dealkylation sites (tertiary alicyclic amines) is 1. The Hall–Kier alpha value is -2.66. The summed E-state index contributed by atoms with van der Waals surface area (Å²) >= 11 is 0. The summed E-state index contributed by atoms with van der Waals surface area (Å²) in [6, 6.07) is 17.0. The van der Waals surface area contributed by atoms with E-state index in [-0.39, 0.29) is 5.91 Å². The Morgan fingerprint density at radius 1 is 1.13 bits per heavy atom. The van der Waals surface area contributed by atoms with Gasteiger partial charge in [-0.15, -0.1) is 0 Å². The van der Waals surface area contributed by atoms with Crippen molar-refractivity contribution in [3.63, 3.8) is 0 Å². The van der Waals surface area contributed by atoms with Crippen LogP contribution in [0.5, 0.6) is 0 Å². The van der Waals surface area contributed by atoms with Crippen LogP contribution in [-0.4, -0.2) is 43.0 Å². The minimum atomic E-state index is -0.500. The summed E-state index contributed by atoms with van der Waals surface area (Å²) in [4.78, 5) is 21.2. The molecule has 0 bridgehead atoms. The molecule has 30 heavy (non-hydrogen) atoms. The quantitative estimate of drug-likeness (QED) is 0.586. The number of hydrogen-bond acceptors (Lipinski definition) is 3. The van der Waals surface area contributed by atoms with Crippen molar-refractivity contribution in [3.8, 4) is 0 Å². The number of nitrogens with one attached hydrogen (secondary N) is 1. The first-order valence-corrected chi connectivity index (χ1v) is 10.8. The normalized spacial score (nSPS) is 20.6. The highest BCUT2D eigenvalue weighted by atomic mass is 16.3. The number of nitrogens with zero attached hydrogens (tertiary/aromatic N) is 1. The molecule has 1 heterocycles. The van der Waals surface area contributed by atoms with E-state index < -0.39 is 6.47 Å². The van der Waals surface area contributed by atoms with E-state index in [4.69, 9.17) is 9.90 Å². The van der Waals surface area contributed by atoms with Crippen LogP contribution in [-0.2, 0) is 9.59 Å². The average Bonchev–Trinajstić information content (AvgIpc) is 2.72. The van der Waals surface area contributed by atoms with E-state index in [0.29, 0.717) is 12.5 Å². The summed E-state index contributed by atoms with van der Waals surface area (Å²) in [5, 5.41) is 11.5. The lowest BCUT2D eigenvalue weighted by atomic mass is 9.88. The number of carbonyl (C=O) groups is 2. The fraction of sp³-hybridized carbons (Fsp3) is 0.440. The van der Waals surface area contributed by atoms with Gasteiger partial charge in [-0.3, -0.25) is 4.79 Å². The van der Waals surface area contributed by atoms with E-state index in [2.05, 4.69) is 68.6 Å². The first-order chi connectivity index (χ1) is 14.4. The molecule has 5 heteroatoms. The zero-order valence-corrected chi connectivity index (χ0v) is 18.4. The molecule has 1 aliphatic rings. The highest BCUT2D eigenvalue weighted by molar-refractivity contribution is 5.93. The number of piperidine rings is 1. The highest BCUT2D eigenvalue weighted by Crippen LogP contribution is 2.32. The summed E-state index contributed by atoms with van der Waals surface area (Å²) in [6.07, 6.45) is 3.53. The molecular weight excluding hydrogens is 376 g/mol. The summed E-state index contributed by atoms with van der Waals surface area (Å²) in [5.41, 5.74) is 4.66. The van der Waals surface area contributed by atoms with Crippen LogP contribution >= 0.6 is 0 Å². The van der Waals surface area contributed by atoms with Gasteiger partial charge in [-0.2, -0.15) is 0 Å². The van der Waals surface area contributed by atoms with Crippen LogP contribution in [0.3, 0.4) is 0 Å². The van der Waals surface area contributed by atoms with E-state index in [9.17, 15) is 4.79 Å². The van der Waals surface area contributed by atoms with Crippen LogP contribution < -0.4 is 10.4 Å². The van der Waals surface area contributed by atoms with Gasteiger partial charge in [0.2, 0.25) is 0 Å². The second-order valence-electron chi connectivity index (χ2n) is 8.29. The van der Waals surface area contributed by atoms with Gasteiger partial charge in [0.25, 0.3) is 5.91 Å². The molecule has 2 unspecified atom stereocenters. The third-order valence-corrected chi connectivity index (χ3v) is 5.99. The molecule has 0 spiro atoms. The van der Waals surface area contributed by atoms with Crippen LogP contribution in [0.2, 0.25) is 0 Å². The predicted octanol–water partition coefficient (Wildman–Crippen LogP) is 3.41. The number of amides is 1. The molecule has 1 N–H and O–H groups in total. The number of carboxylic acid groups (broad SMARTS) is 1. The van der Waals surface area contributed by atoms with Gasteiger partial charge < -0.3 is 19.7 Å². The second kappa shape index (κ2) is 11.5. The molecule has 2 aromatic rings. The maximum Gasteiger partial charge on any atom is 0.279 e. The molecule has 1 fully saturated rings. The van der Waals surface area contributed by atoms with Crippen molar-refractivity contribution in [1.29, 1.82) is 0 Å². The van der Waals surface area contributed by atoms with Crippen LogP contribution in [0.25, 0.3) is 0 Å². The Bertz CT molecular complexity index is 798. The van der Waals surface area contributed by atoms with E-state index in [1.165, 1.54) is 18.4 Å². The van der Waals surface area contributed by atoms with Crippen molar-refractivity contribution >= 4 is 18.1 Å². The van der Waals surface area contributed by atoms with Crippen molar-refractivity contribution in [2.24, 2.45) is 0 Å². The fourth-order valence-corrected chi connectivity index (χ4v) is 4.72. The van der Waals surface area contributed by atoms with Crippen molar-refractivity contribution < 1.29 is 19.2 Å². The van der Waals surface area contributed by atoms with Crippen LogP contribution in [0.1, 0.15) is 48.8 Å². The molecule has 0 aromatic heterocycles. The Balaban J connectivity index is 0.00000101. The van der Waals surface area contributed by atoms with Gasteiger partial charge in [-0.05, 0) is 49.8 Å². The summed E-state index contributed by atoms with van der Waals surface area (Å²) in [6.45, 7) is 9.68. The lowest BCUT2D eigenvalue weighted by Gasteiger charge is -2.44. The topological polar surface area (TPSA) is 69.2 Å². The Kier molecular flexibility index (Phi) is 9.06. The monoisotopic (exact) mass is 410 g/mol. The third-order valence-electron chi connectivity index (χ3n) is 5.99. The zero-order valence-electron chi connectivity index (χ0n) is 18.4. The van der Waals surface area contributed by atoms with Crippen molar-refractivity contribution in [3.05, 3.63) is 65.2 Å². The number of para-hydroxylation sites is 1. The van der Waals surface area contributed by atoms with Crippen molar-refractivity contribution in [1.82, 2.24) is 0 Å². The van der Waals surface area contributed by atoms with Gasteiger partial charge >= 0.3 is 0 Å². The Morgan fingerprint density at radius 2 is 1.77 bits per heavy atom. The summed E-state index contributed by atoms with van der Waals surface area (Å²) in [5.74, 6) is 0.703. The van der Waals surface area contributed by atoms with Crippen LogP contribution in [0.4, 0.5) is 5.69 Å². The van der Waals surface area contributed by atoms with Gasteiger partial charge in [0.05, 0.1) is 19.6 Å². The number of anilines is 1. The smallest absolute Gasteiger partial charge is 0.279 e. The van der Waals surface area contributed by atoms with Gasteiger partial charge in [-0.1, -0.05) is 55.5 Å². The Labute approximate surface area is 180 Å². The first kappa shape index (κ1) is 23.6. The molecule has 5 nitrogen and oxygen atoms in total. The van der Waals surface area contributed by atoms with Gasteiger partial charge in [0.15, 0.2) is 6.54 Å². The number of quaternary nitrogens is 1. The molecule has 0 aliphatic carbocycles. The zero-order chi connectivity index (χ0) is 22.0. The lowest BCUT2D eigenvalue weighted by molar-refractivity contribution is -0.926. The maximum atomic E-state index is 13.0. The maximum absolute atomic E-state index is 13.0. The standard InChI is InChI=1S/C24H32N2O.CH2O2/c1-4-15-26(16-9-14-22(17-26)21-12-6-5-7-13-21)18-23(27)25-24-19(2)10-8-11-20(24)3;2-1-3/h5-8,10-13,22H,4,9,14-18H2,1-3H3;1H,(H,2,3). The minimum Gasteiger partial charge on any atom is -0.554 e. The van der Waals surface area contributed by atoms with Gasteiger partial charge in [0, 0.05) is 18.1 Å². The molecule has 2 aromatic carbocycles. The predicted molar refractivity (Wildman–Crippen MR) is 119 cm³/mol. The third kappa shape index (κ3) is 6.42. The van der Waals surface area contributed by atoms with E-state index in [1.54, 1.807) is 0 Å². The molecular formula is C25H34N2O3. The second-order valence-corrected chi connectivity index (χ2v) is 8.29. The van der Waals surface area contributed by atoms with Crippen LogP contribution in [0, 0.1) is 13.8 Å². The summed E-state index contributed by atoms with van der Waals surface area (Å²) in [7, 11) is 0. The van der Waals surface area contributed by atoms with E-state index >= 15 is 0 Å². The number of benzene rings is 2. The molecule has 3 rings (SSSR count).